The molecule has 0 bridgehead atoms. The number of thioether (sulfide) groups is 1. The minimum absolute atomic E-state index is 0.00436. The van der Waals surface area contributed by atoms with E-state index in [1.165, 1.54) is 29.5 Å². The second-order valence-corrected chi connectivity index (χ2v) is 8.72. The fourth-order valence-electron chi connectivity index (χ4n) is 3.62. The highest BCUT2D eigenvalue weighted by Gasteiger charge is 2.21. The Morgan fingerprint density at radius 1 is 1.12 bits per heavy atom. The third-order valence-electron chi connectivity index (χ3n) is 5.32. The predicted octanol–water partition coefficient (Wildman–Crippen LogP) is 3.99. The van der Waals surface area contributed by atoms with E-state index < -0.39 is 0 Å². The number of aromatic amines is 1. The highest BCUT2D eigenvalue weighted by molar-refractivity contribution is 7.99. The predicted molar refractivity (Wildman–Crippen MR) is 125 cm³/mol. The zero-order valence-electron chi connectivity index (χ0n) is 17.7. The van der Waals surface area contributed by atoms with Gasteiger partial charge in [0, 0.05) is 25.7 Å². The molecule has 0 radical (unpaired) electrons. The lowest BCUT2D eigenvalue weighted by molar-refractivity contribution is -0.119. The molecule has 1 fully saturated rings. The second kappa shape index (κ2) is 11.1. The summed E-state index contributed by atoms with van der Waals surface area (Å²) in [5, 5.41) is 10.6. The number of H-pyrrole nitrogens is 1. The molecule has 0 saturated carbocycles. The van der Waals surface area contributed by atoms with E-state index in [1.54, 1.807) is 18.2 Å². The van der Waals surface area contributed by atoms with Crippen LogP contribution in [-0.4, -0.2) is 50.9 Å². The van der Waals surface area contributed by atoms with Gasteiger partial charge >= 0.3 is 0 Å². The van der Waals surface area contributed by atoms with Gasteiger partial charge in [0.2, 0.25) is 11.1 Å². The summed E-state index contributed by atoms with van der Waals surface area (Å²) in [6.07, 6.45) is 5.52. The summed E-state index contributed by atoms with van der Waals surface area (Å²) >= 11 is 1.30. The molecule has 2 N–H and O–H groups in total. The first kappa shape index (κ1) is 22.2. The molecule has 0 aliphatic carbocycles. The van der Waals surface area contributed by atoms with Crippen molar-refractivity contribution in [3.63, 3.8) is 0 Å². The molecule has 1 aliphatic heterocycles. The van der Waals surface area contributed by atoms with Crippen molar-refractivity contribution in [2.24, 2.45) is 0 Å². The molecular weight excluding hydrogens is 425 g/mol. The number of likely N-dealkylation sites (tertiary alicyclic amines) is 1. The lowest BCUT2D eigenvalue weighted by Gasteiger charge is -2.32. The molecule has 166 valence electrons. The van der Waals surface area contributed by atoms with Crippen LogP contribution in [0.3, 0.4) is 0 Å². The molecule has 0 unspecified atom stereocenters. The average Bonchev–Trinajstić information content (AvgIpc) is 3.27. The Hall–Kier alpha value is -2.97. The zero-order chi connectivity index (χ0) is 22.2. The summed E-state index contributed by atoms with van der Waals surface area (Å²) in [5.74, 6) is 0.604. The molecule has 1 amide bonds. The molecule has 0 atom stereocenters. The van der Waals surface area contributed by atoms with Gasteiger partial charge in [0.1, 0.15) is 11.6 Å². The summed E-state index contributed by atoms with van der Waals surface area (Å²) in [6.45, 7) is 2.93. The molecule has 32 heavy (non-hydrogen) atoms. The maximum Gasteiger partial charge on any atom is 0.230 e. The summed E-state index contributed by atoms with van der Waals surface area (Å²) in [5.41, 5.74) is 2.19. The molecule has 4 rings (SSSR count). The Kier molecular flexibility index (Phi) is 7.68. The van der Waals surface area contributed by atoms with Crippen molar-refractivity contribution >= 4 is 29.8 Å². The zero-order valence-corrected chi connectivity index (χ0v) is 18.5. The lowest BCUT2D eigenvalue weighted by atomic mass is 10.0. The maximum atomic E-state index is 13.0. The van der Waals surface area contributed by atoms with Crippen molar-refractivity contribution in [1.82, 2.24) is 25.4 Å². The molecule has 0 spiro atoms. The Morgan fingerprint density at radius 3 is 2.62 bits per heavy atom. The normalized spacial score (nSPS) is 15.3. The number of nitrogens with one attached hydrogen (secondary N) is 2. The van der Waals surface area contributed by atoms with E-state index in [0.29, 0.717) is 11.0 Å². The van der Waals surface area contributed by atoms with Crippen LogP contribution in [0.15, 0.2) is 59.8 Å². The quantitative estimate of drug-likeness (QED) is 0.507. The van der Waals surface area contributed by atoms with Gasteiger partial charge in [-0.05, 0) is 42.2 Å². The number of nitrogens with zero attached hydrogens (tertiary/aromatic N) is 3. The SMILES string of the molecule is O=C(CSc1n[nH]c(/C=C\c2ccc(F)cc2)n1)NC1CCN(Cc2ccccc2)CC1. The van der Waals surface area contributed by atoms with Crippen molar-refractivity contribution in [2.45, 2.75) is 30.6 Å². The Bertz CT molecular complexity index is 1030. The van der Waals surface area contributed by atoms with Gasteiger partial charge in [0.25, 0.3) is 0 Å². The summed E-state index contributed by atoms with van der Waals surface area (Å²) in [4.78, 5) is 19.1. The summed E-state index contributed by atoms with van der Waals surface area (Å²) < 4.78 is 13.0. The number of hydrogen-bond acceptors (Lipinski definition) is 5. The van der Waals surface area contributed by atoms with Crippen LogP contribution in [0.5, 0.6) is 0 Å². The Morgan fingerprint density at radius 2 is 1.88 bits per heavy atom. The van der Waals surface area contributed by atoms with Crippen molar-refractivity contribution in [1.29, 1.82) is 0 Å². The van der Waals surface area contributed by atoms with Crippen LogP contribution < -0.4 is 5.32 Å². The van der Waals surface area contributed by atoms with Crippen molar-refractivity contribution in [2.75, 3.05) is 18.8 Å². The Balaban J connectivity index is 1.17. The van der Waals surface area contributed by atoms with E-state index in [2.05, 4.69) is 49.7 Å². The molecule has 6 nitrogen and oxygen atoms in total. The third kappa shape index (κ3) is 6.77. The van der Waals surface area contributed by atoms with E-state index in [0.717, 1.165) is 38.0 Å². The van der Waals surface area contributed by atoms with Crippen LogP contribution in [0.25, 0.3) is 12.2 Å². The first-order valence-electron chi connectivity index (χ1n) is 10.7. The summed E-state index contributed by atoms with van der Waals surface area (Å²) in [6, 6.07) is 16.9. The van der Waals surface area contributed by atoms with Gasteiger partial charge in [-0.25, -0.2) is 9.37 Å². The van der Waals surface area contributed by atoms with Crippen molar-refractivity contribution in [3.8, 4) is 0 Å². The van der Waals surface area contributed by atoms with Crippen molar-refractivity contribution < 1.29 is 9.18 Å². The number of piperidine rings is 1. The Labute approximate surface area is 191 Å². The van der Waals surface area contributed by atoms with Gasteiger partial charge in [-0.2, -0.15) is 0 Å². The fourth-order valence-corrected chi connectivity index (χ4v) is 4.24. The van der Waals surface area contributed by atoms with Crippen LogP contribution in [0.4, 0.5) is 4.39 Å². The molecule has 2 heterocycles. The number of aromatic nitrogens is 3. The number of carbonyl (C=O) groups is 1. The van der Waals surface area contributed by atoms with Crippen LogP contribution in [0.1, 0.15) is 29.8 Å². The van der Waals surface area contributed by atoms with E-state index in [9.17, 15) is 9.18 Å². The molecular formula is C24H26FN5OS. The maximum absolute atomic E-state index is 13.0. The largest absolute Gasteiger partial charge is 0.353 e. The number of halogens is 1. The van der Waals surface area contributed by atoms with E-state index >= 15 is 0 Å². The van der Waals surface area contributed by atoms with Gasteiger partial charge in [0.15, 0.2) is 0 Å². The number of rotatable bonds is 8. The van der Waals surface area contributed by atoms with Crippen LogP contribution in [0, 0.1) is 5.82 Å². The standard InChI is InChI=1S/C24H26FN5OS/c25-20-9-6-18(7-10-20)8-11-22-27-24(29-28-22)32-17-23(31)26-21-12-14-30(15-13-21)16-19-4-2-1-3-5-19/h1-11,21H,12-17H2,(H,26,31)(H,27,28,29)/b11-8-. The molecule has 3 aromatic rings. The molecule has 1 saturated heterocycles. The first-order chi connectivity index (χ1) is 15.6. The number of hydrogen-bond donors (Lipinski definition) is 2. The number of carbonyl (C=O) groups excluding carboxylic acids is 1. The van der Waals surface area contributed by atoms with Crippen molar-refractivity contribution in [3.05, 3.63) is 77.4 Å². The second-order valence-electron chi connectivity index (χ2n) is 7.78. The smallest absolute Gasteiger partial charge is 0.230 e. The third-order valence-corrected chi connectivity index (χ3v) is 6.17. The van der Waals surface area contributed by atoms with Crippen LogP contribution in [0.2, 0.25) is 0 Å². The molecule has 2 aromatic carbocycles. The van der Waals surface area contributed by atoms with E-state index in [-0.39, 0.29) is 23.5 Å². The lowest BCUT2D eigenvalue weighted by Crippen LogP contribution is -2.44. The van der Waals surface area contributed by atoms with Gasteiger partial charge in [-0.3, -0.25) is 14.8 Å². The highest BCUT2D eigenvalue weighted by Crippen LogP contribution is 2.16. The number of benzene rings is 2. The van der Waals surface area contributed by atoms with Gasteiger partial charge in [-0.1, -0.05) is 60.3 Å². The number of amides is 1. The topological polar surface area (TPSA) is 73.9 Å². The fraction of sp³-hybridized carbons (Fsp3) is 0.292. The molecule has 1 aliphatic rings. The highest BCUT2D eigenvalue weighted by atomic mass is 32.2. The van der Waals surface area contributed by atoms with Gasteiger partial charge in [0.05, 0.1) is 5.75 Å². The molecule has 8 heteroatoms. The van der Waals surface area contributed by atoms with E-state index in [4.69, 9.17) is 0 Å². The molecule has 1 aromatic heterocycles. The van der Waals surface area contributed by atoms with E-state index in [1.807, 2.05) is 12.1 Å². The van der Waals surface area contributed by atoms with Crippen LogP contribution in [-0.2, 0) is 11.3 Å². The van der Waals surface area contributed by atoms with Crippen LogP contribution >= 0.6 is 11.8 Å². The first-order valence-corrected chi connectivity index (χ1v) is 11.7. The van der Waals surface area contributed by atoms with Gasteiger partial charge < -0.3 is 5.32 Å². The minimum atomic E-state index is -0.267. The monoisotopic (exact) mass is 451 g/mol. The summed E-state index contributed by atoms with van der Waals surface area (Å²) in [7, 11) is 0. The minimum Gasteiger partial charge on any atom is -0.353 e. The average molecular weight is 452 g/mol. The van der Waals surface area contributed by atoms with Gasteiger partial charge in [-0.15, -0.1) is 5.10 Å².